The number of carboxylic acids is 1. The third-order valence-corrected chi connectivity index (χ3v) is 11.5. The lowest BCUT2D eigenvalue weighted by molar-refractivity contribution is -0.904. The molecule has 2 bridgehead atoms. The number of carbonyl (C=O) groups is 2. The van der Waals surface area contributed by atoms with Gasteiger partial charge in [0.05, 0.1) is 20.8 Å². The quantitative estimate of drug-likeness (QED) is 0.0768. The molecule has 5 heterocycles. The van der Waals surface area contributed by atoms with Crippen LogP contribution in [0.25, 0.3) is 0 Å². The van der Waals surface area contributed by atoms with E-state index >= 15 is 0 Å². The maximum Gasteiger partial charge on any atom is 0.346 e. The van der Waals surface area contributed by atoms with E-state index in [1.165, 1.54) is 19.5 Å². The number of benzene rings is 2. The number of fused-ring (bicyclic) bond motifs is 3. The van der Waals surface area contributed by atoms with Crippen LogP contribution in [0, 0.1) is 11.8 Å². The highest BCUT2D eigenvalue weighted by molar-refractivity contribution is 7.14. The minimum Gasteiger partial charge on any atom is -0.493 e. The molecule has 2 aromatic heterocycles. The molecule has 4 aromatic rings. The lowest BCUT2D eigenvalue weighted by Crippen LogP contribution is -2.49. The molecule has 7 rings (SSSR count). The maximum atomic E-state index is 13.6. The highest BCUT2D eigenvalue weighted by atomic mass is 35.5. The van der Waals surface area contributed by atoms with Crippen molar-refractivity contribution in [1.29, 1.82) is 0 Å². The number of hydrogen-bond donors (Lipinski definition) is 3. The molecule has 3 fully saturated rings. The number of methoxy groups -OCH3 is 2. The molecule has 264 valence electrons. The Morgan fingerprint density at radius 2 is 1.70 bits per heavy atom. The van der Waals surface area contributed by atoms with Crippen molar-refractivity contribution >= 4 is 46.5 Å². The average Bonchev–Trinajstić information content (AvgIpc) is 3.55. The number of esters is 1. The number of hydrogen-bond acceptors (Lipinski definition) is 9. The van der Waals surface area contributed by atoms with Gasteiger partial charge < -0.3 is 24.2 Å². The molecule has 3 aliphatic heterocycles. The zero-order valence-corrected chi connectivity index (χ0v) is 30.1. The first kappa shape index (κ1) is 35.9. The summed E-state index contributed by atoms with van der Waals surface area (Å²) in [6.07, 6.45) is 5.16. The second-order valence-corrected chi connectivity index (χ2v) is 14.7. The molecule has 10 nitrogen and oxygen atoms in total. The molecule has 3 N–H and O–H groups in total. The number of ether oxygens (including phenoxy) is 3. The Morgan fingerprint density at radius 3 is 2.32 bits per heavy atom. The molecule has 0 radical (unpaired) electrons. The standard InChI is InChI=1S/C37H39Cl2N3O7S/c1-47-32-9-8-24(14-33(32)48-2)27(16-29-30(38)19-42(46)20-31(29)39)28-15-26(50-35(28)36(43)44)17-40-34(23-6-4-3-5-7-23)37(45)49-21-25-18-41-12-10-22(25)11-13-41/h3-9,14-15,19-20,22,25,27,34,40H,10-13,16-18,21H2,1-2H3,(H-,43,44,46)/p+1/t25-,27+,34?/m1/s1. The van der Waals surface area contributed by atoms with E-state index in [1.54, 1.807) is 19.2 Å². The first-order chi connectivity index (χ1) is 24.1. The molecular weight excluding hydrogens is 701 g/mol. The van der Waals surface area contributed by atoms with Crippen molar-refractivity contribution < 1.29 is 38.8 Å². The minimum atomic E-state index is -1.09. The van der Waals surface area contributed by atoms with Crippen LogP contribution in [0.1, 0.15) is 61.6 Å². The van der Waals surface area contributed by atoms with E-state index in [9.17, 15) is 19.9 Å². The fraction of sp³-hybridized carbons (Fsp3) is 0.378. The van der Waals surface area contributed by atoms with E-state index in [0.717, 1.165) is 59.7 Å². The van der Waals surface area contributed by atoms with Gasteiger partial charge in [-0.25, -0.2) is 9.59 Å². The number of carboxylic acid groups (broad SMARTS) is 1. The van der Waals surface area contributed by atoms with Crippen LogP contribution in [0.5, 0.6) is 11.5 Å². The van der Waals surface area contributed by atoms with Crippen molar-refractivity contribution in [3.63, 3.8) is 0 Å². The van der Waals surface area contributed by atoms with Crippen LogP contribution < -0.4 is 19.5 Å². The van der Waals surface area contributed by atoms with Crippen molar-refractivity contribution in [1.82, 2.24) is 10.2 Å². The van der Waals surface area contributed by atoms with Gasteiger partial charge in [0, 0.05) is 40.1 Å². The minimum absolute atomic E-state index is 0.142. The van der Waals surface area contributed by atoms with E-state index in [1.807, 2.05) is 42.5 Å². The fourth-order valence-corrected chi connectivity index (χ4v) is 8.74. The topological polar surface area (TPSA) is 121 Å². The average molecular weight is 742 g/mol. The maximum absolute atomic E-state index is 13.6. The number of thiophene rings is 1. The van der Waals surface area contributed by atoms with Crippen molar-refractivity contribution in [2.45, 2.75) is 37.8 Å². The Hall–Kier alpha value is -3.87. The van der Waals surface area contributed by atoms with E-state index in [4.69, 9.17) is 37.4 Å². The van der Waals surface area contributed by atoms with Gasteiger partial charge in [0.2, 0.25) is 12.4 Å². The first-order valence-electron chi connectivity index (χ1n) is 16.5. The van der Waals surface area contributed by atoms with E-state index in [0.29, 0.717) is 45.9 Å². The summed E-state index contributed by atoms with van der Waals surface area (Å²) >= 11 is 14.2. The van der Waals surface area contributed by atoms with Gasteiger partial charge in [0.25, 0.3) is 0 Å². The zero-order valence-electron chi connectivity index (χ0n) is 27.8. The molecule has 1 unspecified atom stereocenters. The molecule has 13 heteroatoms. The van der Waals surface area contributed by atoms with Crippen LogP contribution >= 0.6 is 34.5 Å². The number of carbonyl (C=O) groups excluding carboxylic acids is 1. The lowest BCUT2D eigenvalue weighted by Gasteiger charge is -2.44. The van der Waals surface area contributed by atoms with Crippen molar-refractivity contribution in [3.8, 4) is 11.5 Å². The Bertz CT molecular complexity index is 1810. The number of nitrogens with zero attached hydrogens (tertiary/aromatic N) is 2. The third-order valence-electron chi connectivity index (χ3n) is 9.75. The Labute approximate surface area is 305 Å². The van der Waals surface area contributed by atoms with Gasteiger partial charge in [-0.15, -0.1) is 11.3 Å². The summed E-state index contributed by atoms with van der Waals surface area (Å²) in [5, 5.41) is 24.2. The number of nitrogens with one attached hydrogen (secondary N) is 1. The molecule has 3 atom stereocenters. The number of halogens is 2. The summed E-state index contributed by atoms with van der Waals surface area (Å²) < 4.78 is 17.8. The first-order valence-corrected chi connectivity index (χ1v) is 18.1. The fourth-order valence-electron chi connectivity index (χ4n) is 7.12. The predicted molar refractivity (Wildman–Crippen MR) is 190 cm³/mol. The van der Waals surface area contributed by atoms with Gasteiger partial charge in [-0.3, -0.25) is 10.5 Å². The smallest absolute Gasteiger partial charge is 0.346 e. The van der Waals surface area contributed by atoms with E-state index in [2.05, 4.69) is 10.2 Å². The largest absolute Gasteiger partial charge is 0.493 e. The molecule has 0 amide bonds. The predicted octanol–water partition coefficient (Wildman–Crippen LogP) is 6.39. The highest BCUT2D eigenvalue weighted by Crippen LogP contribution is 2.41. The van der Waals surface area contributed by atoms with Gasteiger partial charge in [-0.2, -0.15) is 0 Å². The summed E-state index contributed by atoms with van der Waals surface area (Å²) in [6.45, 7) is 3.79. The molecule has 0 saturated carbocycles. The monoisotopic (exact) mass is 740 g/mol. The molecular formula is C37H40Cl2N3O7S+. The summed E-state index contributed by atoms with van der Waals surface area (Å²) in [4.78, 5) is 29.7. The second kappa shape index (κ2) is 16.0. The van der Waals surface area contributed by atoms with Crippen molar-refractivity contribution in [2.75, 3.05) is 40.5 Å². The van der Waals surface area contributed by atoms with Gasteiger partial charge in [-0.1, -0.05) is 59.6 Å². The van der Waals surface area contributed by atoms with Gasteiger partial charge in [0.1, 0.15) is 21.0 Å². The van der Waals surface area contributed by atoms with Crippen molar-refractivity contribution in [3.05, 3.63) is 109 Å². The molecule has 50 heavy (non-hydrogen) atoms. The molecule has 0 spiro atoms. The number of pyridine rings is 1. The molecule has 2 aromatic carbocycles. The number of aromatic nitrogens is 1. The lowest BCUT2D eigenvalue weighted by atomic mass is 9.79. The zero-order chi connectivity index (χ0) is 35.4. The van der Waals surface area contributed by atoms with Crippen LogP contribution in [0.4, 0.5) is 0 Å². The Morgan fingerprint density at radius 1 is 1.00 bits per heavy atom. The van der Waals surface area contributed by atoms with Crippen LogP contribution in [-0.2, 0) is 22.5 Å². The number of piperidine rings is 3. The summed E-state index contributed by atoms with van der Waals surface area (Å²) in [6, 6.07) is 15.9. The summed E-state index contributed by atoms with van der Waals surface area (Å²) in [7, 11) is 3.07. The van der Waals surface area contributed by atoms with Gasteiger partial charge in [-0.05, 0) is 73.2 Å². The third kappa shape index (κ3) is 8.03. The number of rotatable bonds is 14. The summed E-state index contributed by atoms with van der Waals surface area (Å²) in [5.74, 6) is -0.0700. The second-order valence-electron chi connectivity index (χ2n) is 12.7. The van der Waals surface area contributed by atoms with Crippen LogP contribution in [0.2, 0.25) is 10.0 Å². The van der Waals surface area contributed by atoms with Gasteiger partial charge >= 0.3 is 11.9 Å². The number of aromatic carboxylic acids is 1. The Kier molecular flexibility index (Phi) is 11.5. The van der Waals surface area contributed by atoms with Crippen molar-refractivity contribution in [2.24, 2.45) is 11.8 Å². The molecule has 0 aliphatic carbocycles. The van der Waals surface area contributed by atoms with Crippen LogP contribution in [0.15, 0.2) is 67.0 Å². The van der Waals surface area contributed by atoms with Crippen LogP contribution in [0.3, 0.4) is 0 Å². The molecule has 3 saturated heterocycles. The SMILES string of the molecule is COc1ccc([C@H](Cc2c(Cl)c[n+](O)cc2Cl)c2cc(CNC(C(=O)OC[C@H]3CN4CCC3CC4)c3ccccc3)sc2C(=O)O)cc1OC. The van der Waals surface area contributed by atoms with E-state index in [-0.39, 0.29) is 33.9 Å². The van der Waals surface area contributed by atoms with E-state index < -0.39 is 17.9 Å². The summed E-state index contributed by atoms with van der Waals surface area (Å²) in [5.41, 5.74) is 2.59. The normalized spacial score (nSPS) is 19.5. The Balaban J connectivity index is 1.29. The van der Waals surface area contributed by atoms with Crippen LogP contribution in [-0.4, -0.2) is 67.6 Å². The van der Waals surface area contributed by atoms with Gasteiger partial charge in [0.15, 0.2) is 11.5 Å². The molecule has 3 aliphatic rings. The highest BCUT2D eigenvalue weighted by Gasteiger charge is 2.35.